The fraction of sp³-hybridized carbons (Fsp3) is 0.250. The van der Waals surface area contributed by atoms with Crippen molar-refractivity contribution in [3.05, 3.63) is 34.8 Å². The number of carbonyl (C=O) groups excluding carboxylic acids is 1. The van der Waals surface area contributed by atoms with Crippen molar-refractivity contribution in [2.24, 2.45) is 0 Å². The van der Waals surface area contributed by atoms with E-state index in [1.807, 2.05) is 6.92 Å². The molecule has 0 N–H and O–H groups in total. The fourth-order valence-electron chi connectivity index (χ4n) is 1.38. The summed E-state index contributed by atoms with van der Waals surface area (Å²) >= 11 is 7.48. The molecule has 2 rings (SSSR count). The van der Waals surface area contributed by atoms with Crippen LogP contribution in [0, 0.1) is 0 Å². The molecule has 1 atom stereocenters. The van der Waals surface area contributed by atoms with E-state index in [1.54, 1.807) is 11.8 Å². The van der Waals surface area contributed by atoms with E-state index in [9.17, 15) is 4.79 Å². The molecule has 0 amide bonds. The van der Waals surface area contributed by atoms with Gasteiger partial charge in [-0.15, -0.1) is 0 Å². The zero-order valence-corrected chi connectivity index (χ0v) is 12.1. The Morgan fingerprint density at radius 1 is 1.50 bits per heavy atom. The van der Waals surface area contributed by atoms with Gasteiger partial charge in [-0.05, 0) is 0 Å². The second-order valence-electron chi connectivity index (χ2n) is 3.51. The van der Waals surface area contributed by atoms with Crippen molar-refractivity contribution in [2.75, 3.05) is 0 Å². The third-order valence-electron chi connectivity index (χ3n) is 2.27. The molecule has 4 heteroatoms. The summed E-state index contributed by atoms with van der Waals surface area (Å²) in [7, 11) is 0. The van der Waals surface area contributed by atoms with Crippen molar-refractivity contribution in [3.8, 4) is 0 Å². The van der Waals surface area contributed by atoms with E-state index in [2.05, 4.69) is 30.3 Å². The summed E-state index contributed by atoms with van der Waals surface area (Å²) in [6, 6.07) is 10.7. The minimum absolute atomic E-state index is 0.109. The monoisotopic (exact) mass is 318 g/mol. The predicted octanol–water partition coefficient (Wildman–Crippen LogP) is 3.28. The zero-order chi connectivity index (χ0) is 11.5. The first-order valence-corrected chi connectivity index (χ1v) is 8.09. The van der Waals surface area contributed by atoms with Crippen molar-refractivity contribution in [2.45, 2.75) is 17.9 Å². The number of thioether (sulfide) groups is 1. The van der Waals surface area contributed by atoms with Gasteiger partial charge in [0.15, 0.2) is 0 Å². The molecule has 1 heterocycles. The molecule has 0 radical (unpaired) electrons. The van der Waals surface area contributed by atoms with Crippen molar-refractivity contribution < 1.29 is 4.79 Å². The average Bonchev–Trinajstić information content (AvgIpc) is 2.68. The van der Waals surface area contributed by atoms with Gasteiger partial charge in [-0.3, -0.25) is 0 Å². The molecule has 0 fully saturated rings. The summed E-state index contributed by atoms with van der Waals surface area (Å²) in [5, 5.41) is 0.971. The second-order valence-corrected chi connectivity index (χ2v) is 7.66. The fourth-order valence-corrected chi connectivity index (χ4v) is 4.86. The minimum atomic E-state index is -0.256. The summed E-state index contributed by atoms with van der Waals surface area (Å²) in [5.41, 5.74) is 0. The molecular formula is C12H11ClOSSe. The summed E-state index contributed by atoms with van der Waals surface area (Å²) in [6.45, 7) is 1.86. The average molecular weight is 318 g/mol. The Bertz CT molecular complexity index is 475. The van der Waals surface area contributed by atoms with Crippen molar-refractivity contribution in [1.29, 1.82) is 0 Å². The van der Waals surface area contributed by atoms with Gasteiger partial charge in [0.05, 0.1) is 0 Å². The van der Waals surface area contributed by atoms with Crippen molar-refractivity contribution in [1.82, 2.24) is 0 Å². The molecule has 1 nitrogen and oxygen atoms in total. The van der Waals surface area contributed by atoms with Gasteiger partial charge in [0.2, 0.25) is 0 Å². The number of rotatable bonds is 4. The number of benzene rings is 1. The van der Waals surface area contributed by atoms with Crippen molar-refractivity contribution >= 4 is 52.8 Å². The van der Waals surface area contributed by atoms with Gasteiger partial charge >= 0.3 is 110 Å². The Hall–Kier alpha value is -0.211. The Balaban J connectivity index is 2.07. The van der Waals surface area contributed by atoms with E-state index < -0.39 is 0 Å². The van der Waals surface area contributed by atoms with Crippen LogP contribution in [0.1, 0.15) is 11.4 Å². The van der Waals surface area contributed by atoms with Crippen molar-refractivity contribution in [3.63, 3.8) is 0 Å². The molecule has 16 heavy (non-hydrogen) atoms. The summed E-state index contributed by atoms with van der Waals surface area (Å²) < 4.78 is 2.87. The standard InChI is InChI=1S/C12H11ClOSSe/c1-8(12(13)14)15-7-10-6-9-4-2-3-5-11(9)16-10/h2-6,8H,7H2,1H3. The van der Waals surface area contributed by atoms with E-state index in [1.165, 1.54) is 14.1 Å². The predicted molar refractivity (Wildman–Crippen MR) is 72.5 cm³/mol. The third-order valence-corrected chi connectivity index (χ3v) is 6.67. The molecule has 0 spiro atoms. The van der Waals surface area contributed by atoms with Crippen LogP contribution in [0.4, 0.5) is 0 Å². The van der Waals surface area contributed by atoms with Gasteiger partial charge in [-0.1, -0.05) is 0 Å². The number of hydrogen-bond acceptors (Lipinski definition) is 2. The van der Waals surface area contributed by atoms with Crippen LogP contribution in [-0.2, 0) is 10.5 Å². The Labute approximate surface area is 110 Å². The van der Waals surface area contributed by atoms with Gasteiger partial charge in [0, 0.05) is 0 Å². The van der Waals surface area contributed by atoms with Crippen LogP contribution in [-0.4, -0.2) is 25.0 Å². The maximum atomic E-state index is 10.9. The van der Waals surface area contributed by atoms with E-state index in [0.29, 0.717) is 14.5 Å². The van der Waals surface area contributed by atoms with E-state index in [0.717, 1.165) is 5.75 Å². The second kappa shape index (κ2) is 5.41. The van der Waals surface area contributed by atoms with Gasteiger partial charge in [-0.25, -0.2) is 0 Å². The maximum absolute atomic E-state index is 10.9. The summed E-state index contributed by atoms with van der Waals surface area (Å²) in [4.78, 5) is 10.9. The Morgan fingerprint density at radius 3 is 2.94 bits per heavy atom. The molecule has 1 unspecified atom stereocenters. The van der Waals surface area contributed by atoms with E-state index in [-0.39, 0.29) is 10.5 Å². The molecule has 0 aliphatic rings. The van der Waals surface area contributed by atoms with Gasteiger partial charge in [-0.2, -0.15) is 0 Å². The van der Waals surface area contributed by atoms with Crippen LogP contribution in [0.3, 0.4) is 0 Å². The third kappa shape index (κ3) is 2.92. The molecule has 1 aromatic heterocycles. The molecule has 0 aliphatic carbocycles. The topological polar surface area (TPSA) is 17.1 Å². The van der Waals surface area contributed by atoms with Crippen LogP contribution in [0.15, 0.2) is 30.3 Å². The molecule has 84 valence electrons. The van der Waals surface area contributed by atoms with Crippen LogP contribution in [0.25, 0.3) is 9.65 Å². The molecular weight excluding hydrogens is 307 g/mol. The van der Waals surface area contributed by atoms with E-state index >= 15 is 0 Å². The first kappa shape index (κ1) is 12.3. The van der Waals surface area contributed by atoms with Crippen LogP contribution in [0.2, 0.25) is 0 Å². The van der Waals surface area contributed by atoms with Gasteiger partial charge in [0.25, 0.3) is 0 Å². The quantitative estimate of drug-likeness (QED) is 0.636. The molecule has 0 saturated carbocycles. The molecule has 0 saturated heterocycles. The summed E-state index contributed by atoms with van der Waals surface area (Å²) in [6.07, 6.45) is 0. The van der Waals surface area contributed by atoms with Crippen LogP contribution < -0.4 is 0 Å². The number of hydrogen-bond donors (Lipinski definition) is 0. The van der Waals surface area contributed by atoms with Crippen LogP contribution >= 0.6 is 23.4 Å². The number of carbonyl (C=O) groups is 1. The molecule has 1 aromatic carbocycles. The van der Waals surface area contributed by atoms with Crippen LogP contribution in [0.5, 0.6) is 0 Å². The first-order valence-electron chi connectivity index (χ1n) is 4.95. The summed E-state index contributed by atoms with van der Waals surface area (Å²) in [5.74, 6) is 0.911. The van der Waals surface area contributed by atoms with E-state index in [4.69, 9.17) is 11.6 Å². The number of fused-ring (bicyclic) bond motifs is 1. The Morgan fingerprint density at radius 2 is 2.25 bits per heavy atom. The molecule has 0 aliphatic heterocycles. The molecule has 2 aromatic rings. The SMILES string of the molecule is CC(SCc1cc2ccccc2[se]1)C(=O)Cl. The Kier molecular flexibility index (Phi) is 4.15. The van der Waals surface area contributed by atoms with Gasteiger partial charge in [0.1, 0.15) is 0 Å². The normalized spacial score (nSPS) is 12.9. The van der Waals surface area contributed by atoms with Gasteiger partial charge < -0.3 is 0 Å². The number of halogens is 1. The molecule has 0 bridgehead atoms. The zero-order valence-electron chi connectivity index (χ0n) is 8.77. The first-order chi connectivity index (χ1) is 7.66.